The van der Waals surface area contributed by atoms with Crippen LogP contribution in [0.1, 0.15) is 16.1 Å². The Kier molecular flexibility index (Phi) is 2.91. The fourth-order valence-electron chi connectivity index (χ4n) is 2.07. The van der Waals surface area contributed by atoms with Crippen LogP contribution in [-0.2, 0) is 11.3 Å². The molecule has 94 valence electrons. The molecule has 1 aromatic heterocycles. The van der Waals surface area contributed by atoms with Gasteiger partial charge in [-0.15, -0.1) is 0 Å². The standard InChI is InChI=1S/C14H9BrN2O2/c15-9-5-6-10(16-7-9)8-17-12-4-2-1-3-11(12)13(18)14(17)19/h1-7H,8H2. The van der Waals surface area contributed by atoms with Gasteiger partial charge >= 0.3 is 0 Å². The van der Waals surface area contributed by atoms with Gasteiger partial charge in [0.2, 0.25) is 0 Å². The molecule has 0 unspecified atom stereocenters. The van der Waals surface area contributed by atoms with Gasteiger partial charge in [0.25, 0.3) is 11.7 Å². The van der Waals surface area contributed by atoms with Crippen LogP contribution in [0.15, 0.2) is 47.1 Å². The molecular weight excluding hydrogens is 308 g/mol. The first-order chi connectivity index (χ1) is 9.16. The Hall–Kier alpha value is -2.01. The Bertz CT molecular complexity index is 667. The second-order valence-electron chi connectivity index (χ2n) is 4.21. The number of carbonyl (C=O) groups excluding carboxylic acids is 2. The quantitative estimate of drug-likeness (QED) is 0.800. The maximum Gasteiger partial charge on any atom is 0.299 e. The number of benzene rings is 1. The summed E-state index contributed by atoms with van der Waals surface area (Å²) in [4.78, 5) is 29.5. The van der Waals surface area contributed by atoms with E-state index in [9.17, 15) is 9.59 Å². The number of hydrogen-bond acceptors (Lipinski definition) is 3. The van der Waals surface area contributed by atoms with Crippen LogP contribution in [0.3, 0.4) is 0 Å². The molecule has 0 saturated carbocycles. The van der Waals surface area contributed by atoms with E-state index >= 15 is 0 Å². The summed E-state index contributed by atoms with van der Waals surface area (Å²) in [5.41, 5.74) is 1.85. The van der Waals surface area contributed by atoms with Gasteiger partial charge in [0.1, 0.15) is 0 Å². The number of carbonyl (C=O) groups is 2. The van der Waals surface area contributed by atoms with Crippen LogP contribution in [-0.4, -0.2) is 16.7 Å². The molecule has 2 aromatic rings. The molecule has 0 spiro atoms. The van der Waals surface area contributed by atoms with E-state index in [1.54, 1.807) is 24.4 Å². The number of Topliss-reactive ketones (excluding diaryl/α,β-unsaturated/α-hetero) is 1. The van der Waals surface area contributed by atoms with E-state index in [1.807, 2.05) is 18.2 Å². The van der Waals surface area contributed by atoms with E-state index in [1.165, 1.54) is 4.90 Å². The lowest BCUT2D eigenvalue weighted by Crippen LogP contribution is -2.29. The van der Waals surface area contributed by atoms with Gasteiger partial charge in [0.05, 0.1) is 23.5 Å². The van der Waals surface area contributed by atoms with Crippen LogP contribution < -0.4 is 4.90 Å². The molecule has 0 fully saturated rings. The van der Waals surface area contributed by atoms with Crippen molar-refractivity contribution in [3.05, 3.63) is 58.3 Å². The first kappa shape index (κ1) is 12.0. The van der Waals surface area contributed by atoms with Gasteiger partial charge in [-0.25, -0.2) is 0 Å². The second kappa shape index (κ2) is 4.59. The molecule has 0 N–H and O–H groups in total. The highest BCUT2D eigenvalue weighted by atomic mass is 79.9. The van der Waals surface area contributed by atoms with Crippen molar-refractivity contribution in [2.75, 3.05) is 4.90 Å². The molecule has 2 heterocycles. The van der Waals surface area contributed by atoms with Crippen molar-refractivity contribution >= 4 is 33.3 Å². The Morgan fingerprint density at radius 2 is 1.89 bits per heavy atom. The summed E-state index contributed by atoms with van der Waals surface area (Å²) in [6.07, 6.45) is 1.67. The first-order valence-electron chi connectivity index (χ1n) is 5.72. The van der Waals surface area contributed by atoms with E-state index in [-0.39, 0.29) is 0 Å². The van der Waals surface area contributed by atoms with Crippen molar-refractivity contribution in [3.63, 3.8) is 0 Å². The number of halogens is 1. The van der Waals surface area contributed by atoms with Crippen molar-refractivity contribution in [2.24, 2.45) is 0 Å². The van der Waals surface area contributed by atoms with E-state index in [4.69, 9.17) is 0 Å². The maximum atomic E-state index is 12.0. The normalized spacial score (nSPS) is 13.8. The van der Waals surface area contributed by atoms with E-state index < -0.39 is 11.7 Å². The van der Waals surface area contributed by atoms with Crippen molar-refractivity contribution in [2.45, 2.75) is 6.54 Å². The summed E-state index contributed by atoms with van der Waals surface area (Å²) >= 11 is 3.31. The van der Waals surface area contributed by atoms with E-state index in [2.05, 4.69) is 20.9 Å². The van der Waals surface area contributed by atoms with E-state index in [0.29, 0.717) is 17.8 Å². The molecule has 1 aliphatic rings. The van der Waals surface area contributed by atoms with Gasteiger partial charge in [-0.2, -0.15) is 0 Å². The third-order valence-corrected chi connectivity index (χ3v) is 3.46. The Labute approximate surface area is 118 Å². The molecule has 0 aliphatic carbocycles. The van der Waals surface area contributed by atoms with Gasteiger partial charge in [0, 0.05) is 10.7 Å². The minimum atomic E-state index is -0.495. The Morgan fingerprint density at radius 1 is 1.11 bits per heavy atom. The average Bonchev–Trinajstić information content (AvgIpc) is 2.67. The molecule has 3 rings (SSSR count). The van der Waals surface area contributed by atoms with Crippen LogP contribution in [0, 0.1) is 0 Å². The third-order valence-electron chi connectivity index (χ3n) is 2.99. The first-order valence-corrected chi connectivity index (χ1v) is 6.52. The van der Waals surface area contributed by atoms with Crippen molar-refractivity contribution < 1.29 is 9.59 Å². The molecule has 4 nitrogen and oxygen atoms in total. The minimum absolute atomic E-state index is 0.300. The molecular formula is C14H9BrN2O2. The lowest BCUT2D eigenvalue weighted by molar-refractivity contribution is -0.114. The lowest BCUT2D eigenvalue weighted by atomic mass is 10.1. The predicted octanol–water partition coefficient (Wildman–Crippen LogP) is 2.57. The average molecular weight is 317 g/mol. The number of rotatable bonds is 2. The van der Waals surface area contributed by atoms with Gasteiger partial charge in [-0.1, -0.05) is 12.1 Å². The molecule has 1 aliphatic heterocycles. The van der Waals surface area contributed by atoms with Crippen molar-refractivity contribution in [1.29, 1.82) is 0 Å². The Balaban J connectivity index is 1.95. The van der Waals surface area contributed by atoms with Gasteiger partial charge in [-0.3, -0.25) is 19.5 Å². The van der Waals surface area contributed by atoms with E-state index in [0.717, 1.165) is 10.2 Å². The molecule has 0 bridgehead atoms. The Morgan fingerprint density at radius 3 is 2.63 bits per heavy atom. The van der Waals surface area contributed by atoms with Crippen molar-refractivity contribution in [3.8, 4) is 0 Å². The van der Waals surface area contributed by atoms with Gasteiger partial charge < -0.3 is 0 Å². The second-order valence-corrected chi connectivity index (χ2v) is 5.12. The molecule has 5 heteroatoms. The minimum Gasteiger partial charge on any atom is -0.299 e. The van der Waals surface area contributed by atoms with Gasteiger partial charge in [0.15, 0.2) is 0 Å². The predicted molar refractivity (Wildman–Crippen MR) is 73.9 cm³/mol. The SMILES string of the molecule is O=C1C(=O)N(Cc2ccc(Br)cn2)c2ccccc21. The zero-order valence-corrected chi connectivity index (χ0v) is 11.4. The van der Waals surface area contributed by atoms with Crippen LogP contribution in [0.25, 0.3) is 0 Å². The zero-order chi connectivity index (χ0) is 13.4. The number of ketones is 1. The number of nitrogens with zero attached hydrogens (tertiary/aromatic N) is 2. The number of hydrogen-bond donors (Lipinski definition) is 0. The van der Waals surface area contributed by atoms with Crippen molar-refractivity contribution in [1.82, 2.24) is 4.98 Å². The number of pyridine rings is 1. The highest BCUT2D eigenvalue weighted by Gasteiger charge is 2.35. The zero-order valence-electron chi connectivity index (χ0n) is 9.84. The number of amides is 1. The highest BCUT2D eigenvalue weighted by molar-refractivity contribution is 9.10. The fraction of sp³-hybridized carbons (Fsp3) is 0.0714. The monoisotopic (exact) mass is 316 g/mol. The summed E-state index contributed by atoms with van der Waals surface area (Å²) < 4.78 is 0.875. The summed E-state index contributed by atoms with van der Waals surface area (Å²) in [5.74, 6) is -0.946. The topological polar surface area (TPSA) is 50.3 Å². The lowest BCUT2D eigenvalue weighted by Gasteiger charge is -2.15. The number of para-hydroxylation sites is 1. The van der Waals surface area contributed by atoms with Gasteiger partial charge in [-0.05, 0) is 40.2 Å². The number of anilines is 1. The maximum absolute atomic E-state index is 12.0. The molecule has 0 saturated heterocycles. The van der Waals surface area contributed by atoms with Crippen LogP contribution in [0.5, 0.6) is 0 Å². The smallest absolute Gasteiger partial charge is 0.299 e. The third kappa shape index (κ3) is 2.06. The largest absolute Gasteiger partial charge is 0.299 e. The highest BCUT2D eigenvalue weighted by Crippen LogP contribution is 2.29. The number of aromatic nitrogens is 1. The molecule has 1 amide bonds. The molecule has 19 heavy (non-hydrogen) atoms. The summed E-state index contributed by atoms with van der Waals surface area (Å²) in [6, 6.07) is 10.7. The van der Waals surface area contributed by atoms with Crippen LogP contribution >= 0.6 is 15.9 Å². The number of fused-ring (bicyclic) bond motifs is 1. The summed E-state index contributed by atoms with van der Waals surface area (Å²) in [7, 11) is 0. The molecule has 0 radical (unpaired) electrons. The van der Waals surface area contributed by atoms with Crippen LogP contribution in [0.2, 0.25) is 0 Å². The molecule has 0 atom stereocenters. The molecule has 1 aromatic carbocycles. The summed E-state index contributed by atoms with van der Waals surface area (Å²) in [5, 5.41) is 0. The van der Waals surface area contributed by atoms with Crippen LogP contribution in [0.4, 0.5) is 5.69 Å². The fourth-order valence-corrected chi connectivity index (χ4v) is 2.30. The summed E-state index contributed by atoms with van der Waals surface area (Å²) in [6.45, 7) is 0.300.